The predicted molar refractivity (Wildman–Crippen MR) is 275 cm³/mol. The monoisotopic (exact) mass is 944 g/mol. The van der Waals surface area contributed by atoms with Gasteiger partial charge in [0, 0.05) is 24.6 Å². The SMILES string of the molecule is CCCCCCCCN(CCCCCCCC)CC1OC(c2ccc(-c3ccccc3CNC(=O)C(Cc3ccccc3)NS(=O)(=O)c3ccc(C)cc3)cc2)OC(c2ccc(CO)cc2)C1C. The molecule has 0 bridgehead atoms. The van der Waals surface area contributed by atoms with Crippen molar-refractivity contribution in [3.63, 3.8) is 0 Å². The molecule has 1 aliphatic rings. The summed E-state index contributed by atoms with van der Waals surface area (Å²) in [4.78, 5) is 16.7. The highest BCUT2D eigenvalue weighted by Gasteiger charge is 2.39. The van der Waals surface area contributed by atoms with Crippen molar-refractivity contribution in [1.82, 2.24) is 14.9 Å². The van der Waals surface area contributed by atoms with Crippen LogP contribution in [-0.2, 0) is 43.9 Å². The summed E-state index contributed by atoms with van der Waals surface area (Å²) in [7, 11) is -3.98. The molecule has 0 aromatic heterocycles. The Morgan fingerprint density at radius 1 is 0.676 bits per heavy atom. The van der Waals surface area contributed by atoms with Gasteiger partial charge >= 0.3 is 0 Å². The molecule has 0 radical (unpaired) electrons. The molecule has 1 saturated heterocycles. The van der Waals surface area contributed by atoms with Gasteiger partial charge in [0.05, 0.1) is 23.7 Å². The molecule has 9 nitrogen and oxygen atoms in total. The van der Waals surface area contributed by atoms with E-state index in [-0.39, 0.29) is 42.6 Å². The summed E-state index contributed by atoms with van der Waals surface area (Å²) in [5.41, 5.74) is 7.49. The van der Waals surface area contributed by atoms with E-state index in [9.17, 15) is 18.3 Å². The number of hydrogen-bond donors (Lipinski definition) is 3. The van der Waals surface area contributed by atoms with Crippen molar-refractivity contribution in [1.29, 1.82) is 0 Å². The number of aryl methyl sites for hydroxylation is 1. The lowest BCUT2D eigenvalue weighted by Crippen LogP contribution is -2.47. The van der Waals surface area contributed by atoms with Gasteiger partial charge < -0.3 is 24.8 Å². The smallest absolute Gasteiger partial charge is 0.241 e. The average Bonchev–Trinajstić information content (AvgIpc) is 3.36. The second kappa shape index (κ2) is 27.5. The molecule has 0 saturated carbocycles. The summed E-state index contributed by atoms with van der Waals surface area (Å²) < 4.78 is 43.6. The second-order valence-corrected chi connectivity index (χ2v) is 20.5. The number of benzene rings is 5. The van der Waals surface area contributed by atoms with Crippen LogP contribution in [-0.4, -0.2) is 56.1 Å². The molecule has 0 spiro atoms. The van der Waals surface area contributed by atoms with E-state index in [1.54, 1.807) is 24.3 Å². The van der Waals surface area contributed by atoms with Gasteiger partial charge in [-0.05, 0) is 84.8 Å². The van der Waals surface area contributed by atoms with Gasteiger partial charge in [0.1, 0.15) is 6.04 Å². The highest BCUT2D eigenvalue weighted by atomic mass is 32.2. The lowest BCUT2D eigenvalue weighted by atomic mass is 9.89. The molecule has 1 heterocycles. The Balaban J connectivity index is 1.18. The number of unbranched alkanes of at least 4 members (excludes halogenated alkanes) is 10. The quantitative estimate of drug-likeness (QED) is 0.0428. The third-order valence-electron chi connectivity index (χ3n) is 13.4. The van der Waals surface area contributed by atoms with E-state index in [4.69, 9.17) is 9.47 Å². The summed E-state index contributed by atoms with van der Waals surface area (Å²) in [6.45, 7) is 11.9. The van der Waals surface area contributed by atoms with Crippen molar-refractivity contribution in [3.8, 4) is 11.1 Å². The van der Waals surface area contributed by atoms with Gasteiger partial charge in [-0.15, -0.1) is 0 Å². The minimum absolute atomic E-state index is 0.00569. The second-order valence-electron chi connectivity index (χ2n) is 18.8. The molecule has 1 fully saturated rings. The Hall–Kier alpha value is -4.68. The maximum absolute atomic E-state index is 13.9. The van der Waals surface area contributed by atoms with Crippen LogP contribution in [0, 0.1) is 12.8 Å². The number of aliphatic hydroxyl groups excluding tert-OH is 1. The van der Waals surface area contributed by atoms with Gasteiger partial charge in [-0.3, -0.25) is 4.79 Å². The number of sulfonamides is 1. The van der Waals surface area contributed by atoms with E-state index in [0.717, 1.165) is 64.1 Å². The molecule has 3 N–H and O–H groups in total. The fourth-order valence-electron chi connectivity index (χ4n) is 9.20. The van der Waals surface area contributed by atoms with Crippen molar-refractivity contribution in [2.24, 2.45) is 5.92 Å². The molecule has 5 atom stereocenters. The highest BCUT2D eigenvalue weighted by molar-refractivity contribution is 7.89. The Morgan fingerprint density at radius 2 is 1.26 bits per heavy atom. The van der Waals surface area contributed by atoms with Gasteiger partial charge in [0.15, 0.2) is 6.29 Å². The summed E-state index contributed by atoms with van der Waals surface area (Å²) >= 11 is 0. The molecule has 366 valence electrons. The molecule has 5 aromatic carbocycles. The van der Waals surface area contributed by atoms with Gasteiger partial charge in [-0.2, -0.15) is 4.72 Å². The number of rotatable bonds is 28. The van der Waals surface area contributed by atoms with E-state index in [1.807, 2.05) is 73.7 Å². The lowest BCUT2D eigenvalue weighted by Gasteiger charge is -2.43. The third-order valence-corrected chi connectivity index (χ3v) is 14.9. The first-order chi connectivity index (χ1) is 33.1. The van der Waals surface area contributed by atoms with Crippen LogP contribution in [0.3, 0.4) is 0 Å². The fourth-order valence-corrected chi connectivity index (χ4v) is 10.4. The maximum Gasteiger partial charge on any atom is 0.241 e. The van der Waals surface area contributed by atoms with Crippen LogP contribution in [0.15, 0.2) is 132 Å². The first-order valence-corrected chi connectivity index (χ1v) is 26.9. The molecule has 0 aliphatic carbocycles. The van der Waals surface area contributed by atoms with Crippen LogP contribution in [0.1, 0.15) is 144 Å². The minimum atomic E-state index is -3.98. The Kier molecular flexibility index (Phi) is 21.3. The van der Waals surface area contributed by atoms with E-state index < -0.39 is 28.3 Å². The lowest BCUT2D eigenvalue weighted by molar-refractivity contribution is -0.276. The van der Waals surface area contributed by atoms with Crippen LogP contribution in [0.5, 0.6) is 0 Å². The van der Waals surface area contributed by atoms with Crippen LogP contribution in [0.25, 0.3) is 11.1 Å². The Labute approximate surface area is 408 Å². The van der Waals surface area contributed by atoms with Crippen molar-refractivity contribution < 1.29 is 27.8 Å². The molecule has 68 heavy (non-hydrogen) atoms. The predicted octanol–water partition coefficient (Wildman–Crippen LogP) is 12.2. The summed E-state index contributed by atoms with van der Waals surface area (Å²) in [5, 5.41) is 12.9. The molecular weight excluding hydrogens is 867 g/mol. The van der Waals surface area contributed by atoms with Crippen molar-refractivity contribution in [2.45, 2.75) is 154 Å². The van der Waals surface area contributed by atoms with Gasteiger partial charge in [-0.1, -0.05) is 206 Å². The van der Waals surface area contributed by atoms with Crippen LogP contribution < -0.4 is 10.0 Å². The zero-order valence-electron chi connectivity index (χ0n) is 41.1. The van der Waals surface area contributed by atoms with Crippen LogP contribution in [0.4, 0.5) is 0 Å². The Morgan fingerprint density at radius 3 is 1.90 bits per heavy atom. The van der Waals surface area contributed by atoms with E-state index in [1.165, 1.54) is 77.0 Å². The largest absolute Gasteiger partial charge is 0.392 e. The zero-order chi connectivity index (χ0) is 48.1. The first-order valence-electron chi connectivity index (χ1n) is 25.4. The number of nitrogens with zero attached hydrogens (tertiary/aromatic N) is 1. The fraction of sp³-hybridized carbons (Fsp3) is 0.466. The first kappa shape index (κ1) is 52.7. The van der Waals surface area contributed by atoms with E-state index in [2.05, 4.69) is 72.1 Å². The van der Waals surface area contributed by atoms with E-state index >= 15 is 0 Å². The maximum atomic E-state index is 13.9. The number of aliphatic hydroxyl groups is 1. The van der Waals surface area contributed by atoms with Crippen molar-refractivity contribution in [2.75, 3.05) is 19.6 Å². The van der Waals surface area contributed by atoms with Gasteiger partial charge in [0.2, 0.25) is 15.9 Å². The number of ether oxygens (including phenoxy) is 2. The van der Waals surface area contributed by atoms with Crippen molar-refractivity contribution in [3.05, 3.63) is 161 Å². The number of carbonyl (C=O) groups is 1. The molecule has 1 amide bonds. The third kappa shape index (κ3) is 15.9. The summed E-state index contributed by atoms with van der Waals surface area (Å²) in [6.07, 6.45) is 14.6. The molecule has 5 unspecified atom stereocenters. The van der Waals surface area contributed by atoms with Gasteiger partial charge in [0.25, 0.3) is 0 Å². The molecular formula is C58H77N3O6S. The summed E-state index contributed by atoms with van der Waals surface area (Å²) in [5.74, 6) is -0.322. The molecule has 5 aromatic rings. The molecule has 10 heteroatoms. The summed E-state index contributed by atoms with van der Waals surface area (Å²) in [6, 6.07) is 39.4. The Bertz CT molecular complexity index is 2320. The zero-order valence-corrected chi connectivity index (χ0v) is 41.9. The number of amides is 1. The average molecular weight is 944 g/mol. The van der Waals surface area contributed by atoms with Gasteiger partial charge in [-0.25, -0.2) is 8.42 Å². The van der Waals surface area contributed by atoms with Crippen molar-refractivity contribution >= 4 is 15.9 Å². The number of nitrogens with one attached hydrogen (secondary N) is 2. The van der Waals surface area contributed by atoms with E-state index in [0.29, 0.717) is 0 Å². The topological polar surface area (TPSA) is 117 Å². The standard InChI is InChI=1S/C58H77N3O6S/c1-5-7-9-11-13-20-38-61(39-21-14-12-10-8-6-2)42-55-45(4)56(49-30-28-47(43-62)29-31-49)67-58(66-55)50-34-32-48(33-35-50)53-25-19-18-24-51(53)41-59-57(63)54(40-46-22-16-15-17-23-46)60-68(64,65)52-36-26-44(3)27-37-52/h15-19,22-37,45,54-56,58,60,62H,5-14,20-21,38-43H2,1-4H3,(H,59,63). The van der Waals surface area contributed by atoms with Crippen LogP contribution >= 0.6 is 0 Å². The minimum Gasteiger partial charge on any atom is -0.392 e. The number of carbonyl (C=O) groups excluding carboxylic acids is 1. The highest BCUT2D eigenvalue weighted by Crippen LogP contribution is 2.42. The normalized spacial score (nSPS) is 17.9. The number of hydrogen-bond acceptors (Lipinski definition) is 7. The molecule has 1 aliphatic heterocycles. The van der Waals surface area contributed by atoms with Crippen LogP contribution in [0.2, 0.25) is 0 Å². The molecule has 6 rings (SSSR count).